The first-order valence-corrected chi connectivity index (χ1v) is 6.48. The van der Waals surface area contributed by atoms with E-state index in [0.29, 0.717) is 12.5 Å². The highest BCUT2D eigenvalue weighted by molar-refractivity contribution is 14.0. The zero-order chi connectivity index (χ0) is 13.5. The second-order valence-corrected chi connectivity index (χ2v) is 4.85. The van der Waals surface area contributed by atoms with Gasteiger partial charge in [0, 0.05) is 26.5 Å². The van der Waals surface area contributed by atoms with Crippen molar-refractivity contribution in [3.05, 3.63) is 16.1 Å². The number of hydrogen-bond donors (Lipinski definition) is 2. The summed E-state index contributed by atoms with van der Waals surface area (Å²) >= 11 is 1.63. The number of nitrogens with zero attached hydrogens (tertiary/aromatic N) is 3. The molecule has 0 aliphatic rings. The molecule has 19 heavy (non-hydrogen) atoms. The fraction of sp³-hybridized carbons (Fsp3) is 0.545. The number of aryl methyl sites for hydroxylation is 1. The maximum Gasteiger partial charge on any atom is 0.239 e. The van der Waals surface area contributed by atoms with Crippen LogP contribution in [0.4, 0.5) is 0 Å². The number of guanidine groups is 1. The van der Waals surface area contributed by atoms with Crippen LogP contribution in [0.25, 0.3) is 0 Å². The van der Waals surface area contributed by atoms with E-state index in [1.165, 1.54) is 0 Å². The van der Waals surface area contributed by atoms with Crippen molar-refractivity contribution in [1.82, 2.24) is 20.5 Å². The number of carbonyl (C=O) groups excluding carboxylic acids is 1. The third-order valence-corrected chi connectivity index (χ3v) is 3.15. The van der Waals surface area contributed by atoms with Gasteiger partial charge in [-0.25, -0.2) is 4.98 Å². The molecule has 0 saturated carbocycles. The Morgan fingerprint density at radius 1 is 1.58 bits per heavy atom. The molecule has 1 amide bonds. The van der Waals surface area contributed by atoms with Crippen LogP contribution in [0.15, 0.2) is 10.4 Å². The average Bonchev–Trinajstić information content (AvgIpc) is 2.75. The highest BCUT2D eigenvalue weighted by atomic mass is 127. The van der Waals surface area contributed by atoms with Crippen LogP contribution in [-0.2, 0) is 11.3 Å². The molecule has 0 radical (unpaired) electrons. The summed E-state index contributed by atoms with van der Waals surface area (Å²) in [6, 6.07) is 0. The monoisotopic (exact) mass is 397 g/mol. The van der Waals surface area contributed by atoms with Crippen molar-refractivity contribution in [2.75, 3.05) is 27.7 Å². The van der Waals surface area contributed by atoms with Gasteiger partial charge < -0.3 is 15.5 Å². The standard InChI is InChI=1S/C11H19N5OS.HI/c1-8-15-9(7-18-8)6-16(4)11(13-3)14-5-10(17)12-2;/h7H,5-6H2,1-4H3,(H,12,17)(H,13,14);1H. The van der Waals surface area contributed by atoms with Crippen LogP contribution in [0, 0.1) is 6.92 Å². The van der Waals surface area contributed by atoms with Gasteiger partial charge in [0.1, 0.15) is 0 Å². The van der Waals surface area contributed by atoms with E-state index in [1.807, 2.05) is 24.3 Å². The number of nitrogens with one attached hydrogen (secondary N) is 2. The lowest BCUT2D eigenvalue weighted by Crippen LogP contribution is -2.43. The summed E-state index contributed by atoms with van der Waals surface area (Å²) in [6.07, 6.45) is 0. The maximum absolute atomic E-state index is 11.2. The van der Waals surface area contributed by atoms with Crippen molar-refractivity contribution >= 4 is 47.2 Å². The quantitative estimate of drug-likeness (QED) is 0.449. The van der Waals surface area contributed by atoms with Crippen molar-refractivity contribution in [3.63, 3.8) is 0 Å². The number of carbonyl (C=O) groups is 1. The molecule has 0 aliphatic heterocycles. The molecule has 0 spiro atoms. The van der Waals surface area contributed by atoms with Crippen LogP contribution in [0.3, 0.4) is 0 Å². The van der Waals surface area contributed by atoms with Gasteiger partial charge in [0.05, 0.1) is 23.8 Å². The van der Waals surface area contributed by atoms with Gasteiger partial charge in [0.25, 0.3) is 0 Å². The molecule has 0 aliphatic carbocycles. The van der Waals surface area contributed by atoms with Crippen LogP contribution >= 0.6 is 35.3 Å². The minimum atomic E-state index is -0.0750. The third-order valence-electron chi connectivity index (χ3n) is 2.33. The normalized spacial score (nSPS) is 10.6. The molecule has 2 N–H and O–H groups in total. The van der Waals surface area contributed by atoms with Crippen molar-refractivity contribution in [2.24, 2.45) is 4.99 Å². The highest BCUT2D eigenvalue weighted by Gasteiger charge is 2.09. The minimum absolute atomic E-state index is 0. The molecule has 6 nitrogen and oxygen atoms in total. The maximum atomic E-state index is 11.2. The first-order valence-electron chi connectivity index (χ1n) is 5.60. The summed E-state index contributed by atoms with van der Waals surface area (Å²) in [6.45, 7) is 2.86. The van der Waals surface area contributed by atoms with Gasteiger partial charge in [0.2, 0.25) is 5.91 Å². The first kappa shape index (κ1) is 18.1. The van der Waals surface area contributed by atoms with E-state index in [-0.39, 0.29) is 36.4 Å². The van der Waals surface area contributed by atoms with Gasteiger partial charge in [0.15, 0.2) is 5.96 Å². The zero-order valence-corrected chi connectivity index (χ0v) is 14.7. The molecule has 0 atom stereocenters. The topological polar surface area (TPSA) is 69.6 Å². The van der Waals surface area contributed by atoms with Crippen LogP contribution < -0.4 is 10.6 Å². The number of hydrogen-bond acceptors (Lipinski definition) is 4. The van der Waals surface area contributed by atoms with Crippen molar-refractivity contribution in [1.29, 1.82) is 0 Å². The lowest BCUT2D eigenvalue weighted by molar-refractivity contribution is -0.119. The molecule has 0 fully saturated rings. The Balaban J connectivity index is 0.00000324. The molecule has 1 rings (SSSR count). The smallest absolute Gasteiger partial charge is 0.239 e. The number of thiazole rings is 1. The zero-order valence-electron chi connectivity index (χ0n) is 11.6. The molecule has 1 heterocycles. The second kappa shape index (κ2) is 9.08. The summed E-state index contributed by atoms with van der Waals surface area (Å²) in [5.74, 6) is 0.596. The van der Waals surface area contributed by atoms with Crippen LogP contribution in [0.5, 0.6) is 0 Å². The van der Waals surface area contributed by atoms with Gasteiger partial charge in [-0.15, -0.1) is 35.3 Å². The number of aliphatic imine (C=N–C) groups is 1. The molecule has 1 aromatic rings. The fourth-order valence-corrected chi connectivity index (χ4v) is 2.03. The second-order valence-electron chi connectivity index (χ2n) is 3.79. The van der Waals surface area contributed by atoms with E-state index in [0.717, 1.165) is 10.7 Å². The van der Waals surface area contributed by atoms with Crippen molar-refractivity contribution in [3.8, 4) is 0 Å². The lowest BCUT2D eigenvalue weighted by Gasteiger charge is -2.20. The van der Waals surface area contributed by atoms with E-state index < -0.39 is 0 Å². The van der Waals surface area contributed by atoms with E-state index in [2.05, 4.69) is 20.6 Å². The largest absolute Gasteiger partial charge is 0.358 e. The Kier molecular flexibility index (Phi) is 8.65. The third kappa shape index (κ3) is 6.19. The Morgan fingerprint density at radius 2 is 2.26 bits per heavy atom. The van der Waals surface area contributed by atoms with Gasteiger partial charge in [-0.1, -0.05) is 0 Å². The van der Waals surface area contributed by atoms with Crippen LogP contribution in [-0.4, -0.2) is 49.4 Å². The van der Waals surface area contributed by atoms with Gasteiger partial charge in [-0.2, -0.15) is 0 Å². The summed E-state index contributed by atoms with van der Waals surface area (Å²) in [5.41, 5.74) is 1.00. The molecule has 108 valence electrons. The van der Waals surface area contributed by atoms with E-state index in [9.17, 15) is 4.79 Å². The molecule has 8 heteroatoms. The highest BCUT2D eigenvalue weighted by Crippen LogP contribution is 2.09. The van der Waals surface area contributed by atoms with E-state index >= 15 is 0 Å². The summed E-state index contributed by atoms with van der Waals surface area (Å²) in [5, 5.41) is 8.61. The Hall–Kier alpha value is -0.900. The van der Waals surface area contributed by atoms with E-state index in [1.54, 1.807) is 25.4 Å². The average molecular weight is 397 g/mol. The number of amides is 1. The van der Waals surface area contributed by atoms with Crippen LogP contribution in [0.2, 0.25) is 0 Å². The Bertz CT molecular complexity index is 434. The van der Waals surface area contributed by atoms with Crippen molar-refractivity contribution < 1.29 is 4.79 Å². The predicted molar refractivity (Wildman–Crippen MR) is 89.2 cm³/mol. The minimum Gasteiger partial charge on any atom is -0.358 e. The Morgan fingerprint density at radius 3 is 2.74 bits per heavy atom. The van der Waals surface area contributed by atoms with Crippen molar-refractivity contribution in [2.45, 2.75) is 13.5 Å². The molecule has 0 unspecified atom stereocenters. The summed E-state index contributed by atoms with van der Waals surface area (Å²) in [4.78, 5) is 21.6. The lowest BCUT2D eigenvalue weighted by atomic mass is 10.4. The van der Waals surface area contributed by atoms with Gasteiger partial charge in [-0.05, 0) is 6.92 Å². The molecule has 1 aromatic heterocycles. The van der Waals surface area contributed by atoms with E-state index in [4.69, 9.17) is 0 Å². The molecule has 0 saturated heterocycles. The van der Waals surface area contributed by atoms with Crippen LogP contribution in [0.1, 0.15) is 10.7 Å². The first-order chi connectivity index (χ1) is 8.56. The predicted octanol–water partition coefficient (Wildman–Crippen LogP) is 0.823. The summed E-state index contributed by atoms with van der Waals surface area (Å²) in [7, 11) is 5.21. The molecular weight excluding hydrogens is 377 g/mol. The van der Waals surface area contributed by atoms with Gasteiger partial charge in [-0.3, -0.25) is 9.79 Å². The number of rotatable bonds is 4. The fourth-order valence-electron chi connectivity index (χ4n) is 1.43. The summed E-state index contributed by atoms with van der Waals surface area (Å²) < 4.78 is 0. The number of aromatic nitrogens is 1. The molecule has 0 aromatic carbocycles. The van der Waals surface area contributed by atoms with Gasteiger partial charge >= 0.3 is 0 Å². The SMILES string of the molecule is CN=C(NCC(=O)NC)N(C)Cc1csc(C)n1.I. The number of halogens is 1. The molecule has 0 bridgehead atoms. The number of likely N-dealkylation sites (N-methyl/N-ethyl adjacent to an activating group) is 1. The Labute approximate surface area is 134 Å². The molecular formula is C11H20IN5OS.